The SMILES string of the molecule is CC1=NN(c2ccc(C34CC5CC(CC(C5)C3)C4)cc2)C(=O)/C1=C/c1c(C)nn(-c2ccc([N+](=O)[O-])cc2[N+](=O)[O-])c1C. The molecule has 4 fully saturated rings. The van der Waals surface area contributed by atoms with Crippen molar-refractivity contribution in [2.75, 3.05) is 5.01 Å². The van der Waals surface area contributed by atoms with Gasteiger partial charge in [-0.1, -0.05) is 12.1 Å². The normalized spacial score (nSPS) is 26.8. The van der Waals surface area contributed by atoms with Crippen molar-refractivity contribution in [2.45, 2.75) is 64.7 Å². The number of amides is 1. The number of nitrogens with zero attached hydrogens (tertiary/aromatic N) is 6. The summed E-state index contributed by atoms with van der Waals surface area (Å²) in [6.45, 7) is 5.27. The number of benzene rings is 2. The summed E-state index contributed by atoms with van der Waals surface area (Å²) in [5.41, 5.74) is 4.37. The molecule has 11 nitrogen and oxygen atoms in total. The van der Waals surface area contributed by atoms with Crippen LogP contribution >= 0.6 is 0 Å². The van der Waals surface area contributed by atoms with Crippen LogP contribution in [-0.4, -0.2) is 31.2 Å². The highest BCUT2D eigenvalue weighted by atomic mass is 16.6. The molecule has 0 N–H and O–H groups in total. The molecule has 4 aliphatic carbocycles. The maximum Gasteiger partial charge on any atom is 0.301 e. The van der Waals surface area contributed by atoms with E-state index >= 15 is 0 Å². The van der Waals surface area contributed by atoms with Gasteiger partial charge in [0.05, 0.1) is 38.6 Å². The second kappa shape index (κ2) is 9.68. The Bertz CT molecular complexity index is 1730. The van der Waals surface area contributed by atoms with Crippen molar-refractivity contribution in [1.82, 2.24) is 9.78 Å². The van der Waals surface area contributed by atoms with E-state index in [1.54, 1.807) is 26.8 Å². The van der Waals surface area contributed by atoms with Crippen LogP contribution < -0.4 is 5.01 Å². The number of aromatic nitrogens is 2. The van der Waals surface area contributed by atoms with Crippen LogP contribution in [0.15, 0.2) is 53.1 Å². The molecule has 1 aromatic heterocycles. The van der Waals surface area contributed by atoms with Gasteiger partial charge >= 0.3 is 5.69 Å². The highest BCUT2D eigenvalue weighted by Crippen LogP contribution is 2.60. The molecule has 220 valence electrons. The van der Waals surface area contributed by atoms with Crippen LogP contribution in [0.4, 0.5) is 17.1 Å². The van der Waals surface area contributed by atoms with Crippen molar-refractivity contribution in [3.05, 3.63) is 90.8 Å². The lowest BCUT2D eigenvalue weighted by Crippen LogP contribution is -2.48. The topological polar surface area (TPSA) is 137 Å². The minimum absolute atomic E-state index is 0.102. The number of non-ortho nitro benzene ring substituents is 1. The van der Waals surface area contributed by atoms with Gasteiger partial charge in [0.25, 0.3) is 11.6 Å². The number of hydrazone groups is 1. The van der Waals surface area contributed by atoms with Crippen LogP contribution in [0.25, 0.3) is 11.8 Å². The Balaban J connectivity index is 1.17. The van der Waals surface area contributed by atoms with Crippen LogP contribution in [0.1, 0.15) is 68.0 Å². The van der Waals surface area contributed by atoms with Crippen molar-refractivity contribution in [2.24, 2.45) is 22.9 Å². The number of aryl methyl sites for hydroxylation is 1. The molecule has 0 saturated heterocycles. The summed E-state index contributed by atoms with van der Waals surface area (Å²) in [5, 5.41) is 33.4. The van der Waals surface area contributed by atoms with Crippen LogP contribution in [0.5, 0.6) is 0 Å². The first-order valence-corrected chi connectivity index (χ1v) is 14.7. The number of carbonyl (C=O) groups excluding carboxylic acids is 1. The molecular formula is C32H32N6O5. The van der Waals surface area contributed by atoms with Crippen LogP contribution in [-0.2, 0) is 10.2 Å². The van der Waals surface area contributed by atoms with E-state index in [1.165, 1.54) is 65.9 Å². The van der Waals surface area contributed by atoms with E-state index in [0.29, 0.717) is 33.9 Å². The van der Waals surface area contributed by atoms with E-state index in [4.69, 9.17) is 0 Å². The molecule has 1 aliphatic heterocycles. The van der Waals surface area contributed by atoms with E-state index in [0.717, 1.165) is 23.8 Å². The molecule has 5 aliphatic rings. The monoisotopic (exact) mass is 580 g/mol. The van der Waals surface area contributed by atoms with Gasteiger partial charge in [-0.2, -0.15) is 15.2 Å². The molecule has 11 heteroatoms. The van der Waals surface area contributed by atoms with Gasteiger partial charge in [0.15, 0.2) is 0 Å². The molecule has 0 unspecified atom stereocenters. The number of anilines is 1. The molecule has 4 saturated carbocycles. The average molecular weight is 581 g/mol. The molecule has 8 rings (SSSR count). The summed E-state index contributed by atoms with van der Waals surface area (Å²) in [4.78, 5) is 35.2. The maximum absolute atomic E-state index is 13.6. The van der Waals surface area contributed by atoms with Gasteiger partial charge in [-0.3, -0.25) is 25.0 Å². The second-order valence-corrected chi connectivity index (χ2v) is 12.8. The fraction of sp³-hybridized carbons (Fsp3) is 0.406. The van der Waals surface area contributed by atoms with E-state index in [2.05, 4.69) is 22.3 Å². The molecule has 2 aromatic carbocycles. The summed E-state index contributed by atoms with van der Waals surface area (Å²) in [6, 6.07) is 11.8. The van der Waals surface area contributed by atoms with Crippen LogP contribution in [0, 0.1) is 51.8 Å². The molecule has 1 amide bonds. The van der Waals surface area contributed by atoms with E-state index in [9.17, 15) is 25.0 Å². The highest BCUT2D eigenvalue weighted by molar-refractivity contribution is 6.32. The minimum atomic E-state index is -0.677. The van der Waals surface area contributed by atoms with Crippen molar-refractivity contribution in [3.63, 3.8) is 0 Å². The first-order valence-electron chi connectivity index (χ1n) is 14.7. The smallest absolute Gasteiger partial charge is 0.267 e. The number of nitro benzene ring substituents is 2. The third-order valence-corrected chi connectivity index (χ3v) is 10.1. The first kappa shape index (κ1) is 27.2. The Hall–Kier alpha value is -4.67. The number of hydrogen-bond acceptors (Lipinski definition) is 7. The Morgan fingerprint density at radius 2 is 1.53 bits per heavy atom. The van der Waals surface area contributed by atoms with Gasteiger partial charge in [-0.25, -0.2) is 4.68 Å². The van der Waals surface area contributed by atoms with Crippen LogP contribution in [0.2, 0.25) is 0 Å². The van der Waals surface area contributed by atoms with Gasteiger partial charge < -0.3 is 0 Å². The van der Waals surface area contributed by atoms with Gasteiger partial charge in [-0.05, 0) is 112 Å². The fourth-order valence-corrected chi connectivity index (χ4v) is 8.47. The van der Waals surface area contributed by atoms with Crippen molar-refractivity contribution < 1.29 is 14.6 Å². The predicted molar refractivity (Wildman–Crippen MR) is 161 cm³/mol. The third-order valence-electron chi connectivity index (χ3n) is 10.1. The van der Waals surface area contributed by atoms with E-state index in [1.807, 2.05) is 12.1 Å². The van der Waals surface area contributed by atoms with Crippen molar-refractivity contribution >= 4 is 34.8 Å². The molecule has 0 radical (unpaired) electrons. The van der Waals surface area contributed by atoms with E-state index in [-0.39, 0.29) is 22.7 Å². The number of nitro groups is 2. The Labute approximate surface area is 248 Å². The molecule has 3 aromatic rings. The van der Waals surface area contributed by atoms with Gasteiger partial charge in [-0.15, -0.1) is 0 Å². The number of rotatable bonds is 6. The zero-order valence-corrected chi connectivity index (χ0v) is 24.3. The summed E-state index contributed by atoms with van der Waals surface area (Å²) in [6.07, 6.45) is 9.74. The second-order valence-electron chi connectivity index (χ2n) is 12.8. The molecule has 0 atom stereocenters. The highest BCUT2D eigenvalue weighted by Gasteiger charge is 2.51. The fourth-order valence-electron chi connectivity index (χ4n) is 8.47. The summed E-state index contributed by atoms with van der Waals surface area (Å²) in [7, 11) is 0. The average Bonchev–Trinajstić information content (AvgIpc) is 3.41. The quantitative estimate of drug-likeness (QED) is 0.183. The standard InChI is InChI=1S/C32H32N6O5/c1-18-27(20(3)35(33-18)29-9-8-26(37(40)41)13-30(29)38(42)43)14-28-19(2)34-36(31(28)39)25-6-4-24(5-7-25)32-15-21-10-22(16-32)12-23(11-21)17-32/h4-9,13-14,21-23H,10-12,15-17H2,1-3H3/b28-14+. The first-order chi connectivity index (χ1) is 20.5. The lowest BCUT2D eigenvalue weighted by Gasteiger charge is -2.57. The zero-order chi connectivity index (χ0) is 30.2. The van der Waals surface area contributed by atoms with Gasteiger partial charge in [0, 0.05) is 17.3 Å². The summed E-state index contributed by atoms with van der Waals surface area (Å²) in [5.74, 6) is 2.31. The van der Waals surface area contributed by atoms with Gasteiger partial charge in [0.1, 0.15) is 5.69 Å². The van der Waals surface area contributed by atoms with Gasteiger partial charge in [0.2, 0.25) is 0 Å². The van der Waals surface area contributed by atoms with Crippen LogP contribution in [0.3, 0.4) is 0 Å². The summed E-state index contributed by atoms with van der Waals surface area (Å²) < 4.78 is 1.39. The lowest BCUT2D eigenvalue weighted by molar-refractivity contribution is -0.394. The molecule has 0 spiro atoms. The third kappa shape index (κ3) is 4.36. The minimum Gasteiger partial charge on any atom is -0.267 e. The molecule has 4 bridgehead atoms. The molecule has 2 heterocycles. The molecular weight excluding hydrogens is 548 g/mol. The maximum atomic E-state index is 13.6. The largest absolute Gasteiger partial charge is 0.301 e. The Kier molecular flexibility index (Phi) is 6.12. The summed E-state index contributed by atoms with van der Waals surface area (Å²) >= 11 is 0. The predicted octanol–water partition coefficient (Wildman–Crippen LogP) is 6.58. The number of carbonyl (C=O) groups is 1. The Morgan fingerprint density at radius 3 is 2.12 bits per heavy atom. The Morgan fingerprint density at radius 1 is 0.907 bits per heavy atom. The lowest BCUT2D eigenvalue weighted by atomic mass is 9.48. The number of hydrogen-bond donors (Lipinski definition) is 0. The van der Waals surface area contributed by atoms with Crippen molar-refractivity contribution in [1.29, 1.82) is 0 Å². The van der Waals surface area contributed by atoms with Crippen molar-refractivity contribution in [3.8, 4) is 5.69 Å². The zero-order valence-electron chi connectivity index (χ0n) is 24.3. The van der Waals surface area contributed by atoms with E-state index < -0.39 is 15.5 Å². The molecule has 43 heavy (non-hydrogen) atoms.